The van der Waals surface area contributed by atoms with Gasteiger partial charge in [0.1, 0.15) is 5.82 Å². The lowest BCUT2D eigenvalue weighted by Crippen LogP contribution is -2.28. The number of hydrogen-bond acceptors (Lipinski definition) is 3. The summed E-state index contributed by atoms with van der Waals surface area (Å²) in [5.74, 6) is 0.732. The minimum Gasteiger partial charge on any atom is -0.207 e. The molecule has 1 aromatic carbocycles. The largest absolute Gasteiger partial charge is 0.243 e. The van der Waals surface area contributed by atoms with Crippen LogP contribution in [-0.2, 0) is 10.0 Å². The molecule has 0 N–H and O–H groups in total. The molecule has 0 unspecified atom stereocenters. The number of nitrogens with zero attached hydrogens (tertiary/aromatic N) is 1. The van der Waals surface area contributed by atoms with Crippen LogP contribution in [0.1, 0.15) is 0 Å². The van der Waals surface area contributed by atoms with E-state index in [0.717, 1.165) is 11.8 Å². The van der Waals surface area contributed by atoms with Crippen LogP contribution in [0.15, 0.2) is 29.2 Å². The average Bonchev–Trinajstić information content (AvgIpc) is 2.71. The summed E-state index contributed by atoms with van der Waals surface area (Å²) < 4.78 is 38.1. The summed E-state index contributed by atoms with van der Waals surface area (Å²) in [4.78, 5) is 0.0324. The third kappa shape index (κ3) is 2.16. The number of thioether (sulfide) groups is 1. The normalized spacial score (nSPS) is 18.2. The zero-order valence-corrected chi connectivity index (χ0v) is 9.52. The predicted octanol–water partition coefficient (Wildman–Crippen LogP) is 1.52. The van der Waals surface area contributed by atoms with Crippen LogP contribution in [-0.4, -0.2) is 30.9 Å². The zero-order chi connectivity index (χ0) is 10.9. The first-order valence-corrected chi connectivity index (χ1v) is 7.03. The number of hydrogen-bond donors (Lipinski definition) is 0. The van der Waals surface area contributed by atoms with Crippen LogP contribution in [0.5, 0.6) is 0 Å². The number of halogens is 1. The molecule has 0 radical (unpaired) electrons. The lowest BCUT2D eigenvalue weighted by molar-refractivity contribution is 0.488. The molecule has 0 bridgehead atoms. The van der Waals surface area contributed by atoms with Gasteiger partial charge in [0.2, 0.25) is 10.0 Å². The molecule has 0 aromatic heterocycles. The molecule has 0 spiro atoms. The molecule has 0 aliphatic carbocycles. The molecule has 1 fully saturated rings. The highest BCUT2D eigenvalue weighted by Crippen LogP contribution is 2.23. The summed E-state index contributed by atoms with van der Waals surface area (Å²) >= 11 is 1.56. The van der Waals surface area contributed by atoms with Crippen molar-refractivity contribution in [2.75, 3.05) is 18.2 Å². The molecule has 3 nitrogen and oxygen atoms in total. The Bertz CT molecular complexity index is 455. The summed E-state index contributed by atoms with van der Waals surface area (Å²) in [6.45, 7) is 0.503. The van der Waals surface area contributed by atoms with Gasteiger partial charge in [-0.1, -0.05) is 6.07 Å². The molecular formula is C9H10FNO2S2. The van der Waals surface area contributed by atoms with E-state index >= 15 is 0 Å². The first kappa shape index (κ1) is 10.9. The van der Waals surface area contributed by atoms with E-state index in [9.17, 15) is 12.8 Å². The fourth-order valence-electron chi connectivity index (χ4n) is 1.36. The third-order valence-corrected chi connectivity index (χ3v) is 5.12. The lowest BCUT2D eigenvalue weighted by atomic mass is 10.4. The topological polar surface area (TPSA) is 37.4 Å². The van der Waals surface area contributed by atoms with Crippen LogP contribution in [0.3, 0.4) is 0 Å². The van der Waals surface area contributed by atoms with Gasteiger partial charge in [-0.3, -0.25) is 0 Å². The van der Waals surface area contributed by atoms with Crippen molar-refractivity contribution in [1.29, 1.82) is 0 Å². The minimum absolute atomic E-state index is 0.0324. The van der Waals surface area contributed by atoms with Gasteiger partial charge in [0.15, 0.2) is 0 Å². The van der Waals surface area contributed by atoms with E-state index in [-0.39, 0.29) is 4.90 Å². The minimum atomic E-state index is -3.49. The highest BCUT2D eigenvalue weighted by molar-refractivity contribution is 8.00. The first-order valence-electron chi connectivity index (χ1n) is 4.44. The summed E-state index contributed by atoms with van der Waals surface area (Å²) in [6, 6.07) is 5.11. The van der Waals surface area contributed by atoms with Crippen LogP contribution in [0.2, 0.25) is 0 Å². The van der Waals surface area contributed by atoms with Crippen LogP contribution >= 0.6 is 11.8 Å². The number of rotatable bonds is 2. The maximum atomic E-state index is 12.9. The Morgan fingerprint density at radius 2 is 2.20 bits per heavy atom. The maximum absolute atomic E-state index is 12.9. The summed E-state index contributed by atoms with van der Waals surface area (Å²) in [6.07, 6.45) is 0. The van der Waals surface area contributed by atoms with E-state index in [2.05, 4.69) is 0 Å². The third-order valence-electron chi connectivity index (χ3n) is 2.15. The van der Waals surface area contributed by atoms with Gasteiger partial charge in [-0.25, -0.2) is 12.8 Å². The molecule has 0 saturated carbocycles. The Labute approximate surface area is 92.3 Å². The molecule has 1 aromatic rings. The van der Waals surface area contributed by atoms with Crippen molar-refractivity contribution in [2.24, 2.45) is 0 Å². The fraction of sp³-hybridized carbons (Fsp3) is 0.333. The number of sulfonamides is 1. The Balaban J connectivity index is 2.36. The monoisotopic (exact) mass is 247 g/mol. The maximum Gasteiger partial charge on any atom is 0.243 e. The molecule has 15 heavy (non-hydrogen) atoms. The van der Waals surface area contributed by atoms with Crippen molar-refractivity contribution >= 4 is 21.8 Å². The average molecular weight is 247 g/mol. The van der Waals surface area contributed by atoms with Gasteiger partial charge in [0, 0.05) is 12.3 Å². The van der Waals surface area contributed by atoms with Gasteiger partial charge in [0.05, 0.1) is 10.8 Å². The summed E-state index contributed by atoms with van der Waals surface area (Å²) in [5, 5.41) is 0. The van der Waals surface area contributed by atoms with E-state index in [1.165, 1.54) is 22.5 Å². The fourth-order valence-corrected chi connectivity index (χ4v) is 4.21. The standard InChI is InChI=1S/C9H10FNO2S2/c10-8-2-1-3-9(6-8)15(12,13)11-4-5-14-7-11/h1-3,6H,4-5,7H2. The molecule has 6 heteroatoms. The predicted molar refractivity (Wildman–Crippen MR) is 57.6 cm³/mol. The van der Waals surface area contributed by atoms with Crippen molar-refractivity contribution in [3.8, 4) is 0 Å². The van der Waals surface area contributed by atoms with E-state index in [0.29, 0.717) is 12.4 Å². The molecule has 0 amide bonds. The Hall–Kier alpha value is -0.590. The second-order valence-electron chi connectivity index (χ2n) is 3.18. The van der Waals surface area contributed by atoms with Crippen LogP contribution in [0.4, 0.5) is 4.39 Å². The van der Waals surface area contributed by atoms with Crippen molar-refractivity contribution in [1.82, 2.24) is 4.31 Å². The zero-order valence-electron chi connectivity index (χ0n) is 7.89. The van der Waals surface area contributed by atoms with E-state index in [1.807, 2.05) is 0 Å². The van der Waals surface area contributed by atoms with Gasteiger partial charge < -0.3 is 0 Å². The Morgan fingerprint density at radius 1 is 1.40 bits per heavy atom. The van der Waals surface area contributed by atoms with Gasteiger partial charge >= 0.3 is 0 Å². The number of benzene rings is 1. The molecule has 0 atom stereocenters. The highest BCUT2D eigenvalue weighted by Gasteiger charge is 2.27. The first-order chi connectivity index (χ1) is 7.10. The van der Waals surface area contributed by atoms with Gasteiger partial charge in [-0.2, -0.15) is 4.31 Å². The molecule has 1 saturated heterocycles. The van der Waals surface area contributed by atoms with Crippen LogP contribution < -0.4 is 0 Å². The van der Waals surface area contributed by atoms with Crippen molar-refractivity contribution in [3.63, 3.8) is 0 Å². The lowest BCUT2D eigenvalue weighted by Gasteiger charge is -2.14. The second-order valence-corrected chi connectivity index (χ2v) is 6.19. The van der Waals surface area contributed by atoms with Crippen molar-refractivity contribution in [3.05, 3.63) is 30.1 Å². The SMILES string of the molecule is O=S(=O)(c1cccc(F)c1)N1CCSC1. The molecule has 1 heterocycles. The molecular weight excluding hydrogens is 237 g/mol. The summed E-state index contributed by atoms with van der Waals surface area (Å²) in [5.41, 5.74) is 0. The van der Waals surface area contributed by atoms with Crippen LogP contribution in [0, 0.1) is 5.82 Å². The molecule has 82 valence electrons. The highest BCUT2D eigenvalue weighted by atomic mass is 32.2. The van der Waals surface area contributed by atoms with Crippen molar-refractivity contribution < 1.29 is 12.8 Å². The van der Waals surface area contributed by atoms with Crippen molar-refractivity contribution in [2.45, 2.75) is 4.90 Å². The molecule has 1 aliphatic heterocycles. The Kier molecular flexibility index (Phi) is 2.99. The second kappa shape index (κ2) is 4.11. The molecule has 2 rings (SSSR count). The van der Waals surface area contributed by atoms with Gasteiger partial charge in [-0.15, -0.1) is 11.8 Å². The summed E-state index contributed by atoms with van der Waals surface area (Å²) in [7, 11) is -3.49. The van der Waals surface area contributed by atoms with Gasteiger partial charge in [-0.05, 0) is 18.2 Å². The van der Waals surface area contributed by atoms with E-state index in [1.54, 1.807) is 11.8 Å². The van der Waals surface area contributed by atoms with Crippen LogP contribution in [0.25, 0.3) is 0 Å². The Morgan fingerprint density at radius 3 is 2.80 bits per heavy atom. The quantitative estimate of drug-likeness (QED) is 0.795. The van der Waals surface area contributed by atoms with E-state index < -0.39 is 15.8 Å². The van der Waals surface area contributed by atoms with E-state index in [4.69, 9.17) is 0 Å². The smallest absolute Gasteiger partial charge is 0.207 e. The van der Waals surface area contributed by atoms with Gasteiger partial charge in [0.25, 0.3) is 0 Å². The molecule has 1 aliphatic rings.